The predicted octanol–water partition coefficient (Wildman–Crippen LogP) is 7.28. The summed E-state index contributed by atoms with van der Waals surface area (Å²) in [6.07, 6.45) is 0. The van der Waals surface area contributed by atoms with E-state index in [1.807, 2.05) is 48.5 Å². The van der Waals surface area contributed by atoms with E-state index in [0.717, 1.165) is 20.6 Å². The molecule has 1 heterocycles. The highest BCUT2D eigenvalue weighted by Gasteiger charge is 2.15. The minimum Gasteiger partial charge on any atom is -0.422 e. The molecule has 0 aliphatic carbocycles. The van der Waals surface area contributed by atoms with E-state index in [-0.39, 0.29) is 5.91 Å². The Bertz CT molecular complexity index is 1580. The number of benzene rings is 4. The lowest BCUT2D eigenvalue weighted by atomic mass is 10.0. The van der Waals surface area contributed by atoms with E-state index in [9.17, 15) is 9.59 Å². The Morgan fingerprint density at radius 3 is 2.47 bits per heavy atom. The van der Waals surface area contributed by atoms with Crippen LogP contribution in [0.4, 0.5) is 5.69 Å². The van der Waals surface area contributed by atoms with E-state index in [1.54, 1.807) is 36.4 Å². The van der Waals surface area contributed by atoms with Gasteiger partial charge >= 0.3 is 5.63 Å². The summed E-state index contributed by atoms with van der Waals surface area (Å²) in [5.74, 6) is -0.247. The minimum absolute atomic E-state index is 0.247. The van der Waals surface area contributed by atoms with Gasteiger partial charge in [0.25, 0.3) is 5.91 Å². The smallest absolute Gasteiger partial charge is 0.344 e. The molecule has 0 fully saturated rings. The van der Waals surface area contributed by atoms with E-state index in [1.165, 1.54) is 0 Å². The van der Waals surface area contributed by atoms with Crippen molar-refractivity contribution in [2.24, 2.45) is 0 Å². The fourth-order valence-corrected chi connectivity index (χ4v) is 4.51. The molecule has 0 unspecified atom stereocenters. The zero-order valence-electron chi connectivity index (χ0n) is 16.6. The van der Waals surface area contributed by atoms with Crippen molar-refractivity contribution in [3.63, 3.8) is 0 Å². The highest BCUT2D eigenvalue weighted by atomic mass is 79.9. The van der Waals surface area contributed by atoms with Gasteiger partial charge in [-0.25, -0.2) is 4.79 Å². The second-order valence-corrected chi connectivity index (χ2v) is 8.54. The van der Waals surface area contributed by atoms with Crippen molar-refractivity contribution in [1.29, 1.82) is 0 Å². The van der Waals surface area contributed by atoms with Crippen LogP contribution in [0, 0.1) is 0 Å². The molecule has 6 heteroatoms. The first kappa shape index (κ1) is 20.5. The zero-order valence-corrected chi connectivity index (χ0v) is 18.9. The summed E-state index contributed by atoms with van der Waals surface area (Å²) in [4.78, 5) is 25.5. The Kier molecular flexibility index (Phi) is 5.29. The fourth-order valence-electron chi connectivity index (χ4n) is 3.73. The fraction of sp³-hybridized carbons (Fsp3) is 0. The number of carbonyl (C=O) groups is 1. The molecule has 1 N–H and O–H groups in total. The number of hydrogen-bond acceptors (Lipinski definition) is 3. The maximum atomic E-state index is 13.0. The van der Waals surface area contributed by atoms with E-state index < -0.39 is 5.63 Å². The number of hydrogen-bond donors (Lipinski definition) is 1. The van der Waals surface area contributed by atoms with Crippen LogP contribution in [0.15, 0.2) is 98.6 Å². The number of para-hydroxylation sites is 1. The molecule has 4 aromatic carbocycles. The van der Waals surface area contributed by atoms with Gasteiger partial charge in [0.2, 0.25) is 0 Å². The molecule has 156 valence electrons. The molecule has 32 heavy (non-hydrogen) atoms. The summed E-state index contributed by atoms with van der Waals surface area (Å²) in [6, 6.07) is 25.4. The molecule has 5 rings (SSSR count). The molecule has 1 aromatic heterocycles. The van der Waals surface area contributed by atoms with Crippen molar-refractivity contribution < 1.29 is 9.21 Å². The highest BCUT2D eigenvalue weighted by Crippen LogP contribution is 2.31. The first-order valence-electron chi connectivity index (χ1n) is 9.83. The lowest BCUT2D eigenvalue weighted by Crippen LogP contribution is -2.12. The number of amides is 1. The second kappa shape index (κ2) is 8.26. The SMILES string of the molecule is O=C(Nc1ccc(-c2cc3ccccc3oc2=O)c(Cl)c1)c1cccc2c(Br)cccc12. The molecule has 0 spiro atoms. The molecular weight excluding hydrogens is 490 g/mol. The van der Waals surface area contributed by atoms with Crippen LogP contribution in [0.5, 0.6) is 0 Å². The first-order valence-corrected chi connectivity index (χ1v) is 11.0. The van der Waals surface area contributed by atoms with Crippen LogP contribution >= 0.6 is 27.5 Å². The summed E-state index contributed by atoms with van der Waals surface area (Å²) < 4.78 is 6.34. The Morgan fingerprint density at radius 2 is 1.62 bits per heavy atom. The number of anilines is 1. The van der Waals surface area contributed by atoms with Crippen LogP contribution in [0.1, 0.15) is 10.4 Å². The Morgan fingerprint density at radius 1 is 0.844 bits per heavy atom. The average molecular weight is 505 g/mol. The lowest BCUT2D eigenvalue weighted by Gasteiger charge is -2.11. The Labute approximate surface area is 196 Å². The highest BCUT2D eigenvalue weighted by molar-refractivity contribution is 9.10. The molecule has 0 aliphatic rings. The van der Waals surface area contributed by atoms with Gasteiger partial charge in [0.1, 0.15) is 5.58 Å². The van der Waals surface area contributed by atoms with Crippen LogP contribution < -0.4 is 10.9 Å². The number of nitrogens with one attached hydrogen (secondary N) is 1. The largest absolute Gasteiger partial charge is 0.422 e. The predicted molar refractivity (Wildman–Crippen MR) is 133 cm³/mol. The molecule has 1 amide bonds. The quantitative estimate of drug-likeness (QED) is 0.263. The van der Waals surface area contributed by atoms with Crippen LogP contribution in [0.3, 0.4) is 0 Å². The molecule has 5 aromatic rings. The molecule has 0 bridgehead atoms. The maximum Gasteiger partial charge on any atom is 0.344 e. The van der Waals surface area contributed by atoms with Crippen LogP contribution in [0.25, 0.3) is 32.9 Å². The van der Waals surface area contributed by atoms with Crippen molar-refractivity contribution in [1.82, 2.24) is 0 Å². The average Bonchev–Trinajstić information content (AvgIpc) is 2.79. The van der Waals surface area contributed by atoms with Crippen molar-refractivity contribution in [2.75, 3.05) is 5.32 Å². The van der Waals surface area contributed by atoms with Crippen molar-refractivity contribution in [2.45, 2.75) is 0 Å². The van der Waals surface area contributed by atoms with Gasteiger partial charge in [0.05, 0.1) is 10.6 Å². The summed E-state index contributed by atoms with van der Waals surface area (Å²) in [7, 11) is 0. The van der Waals surface area contributed by atoms with Gasteiger partial charge < -0.3 is 9.73 Å². The first-order chi connectivity index (χ1) is 15.5. The maximum absolute atomic E-state index is 13.0. The molecule has 0 aliphatic heterocycles. The van der Waals surface area contributed by atoms with Crippen LogP contribution in [-0.2, 0) is 0 Å². The van der Waals surface area contributed by atoms with Gasteiger partial charge in [-0.05, 0) is 47.2 Å². The third-order valence-electron chi connectivity index (χ3n) is 5.27. The summed E-state index contributed by atoms with van der Waals surface area (Å²) >= 11 is 10.0. The van der Waals surface area contributed by atoms with Crippen LogP contribution in [-0.4, -0.2) is 5.91 Å². The van der Waals surface area contributed by atoms with Gasteiger partial charge in [-0.15, -0.1) is 0 Å². The Hall–Kier alpha value is -3.41. The van der Waals surface area contributed by atoms with E-state index in [0.29, 0.717) is 33.0 Å². The molecular formula is C26H15BrClNO3. The summed E-state index contributed by atoms with van der Waals surface area (Å²) in [5, 5.41) is 5.83. The van der Waals surface area contributed by atoms with E-state index in [2.05, 4.69) is 21.2 Å². The molecule has 0 saturated carbocycles. The van der Waals surface area contributed by atoms with Crippen molar-refractivity contribution >= 4 is 60.9 Å². The lowest BCUT2D eigenvalue weighted by molar-refractivity contribution is 0.102. The molecule has 0 atom stereocenters. The number of rotatable bonds is 3. The third kappa shape index (κ3) is 3.70. The van der Waals surface area contributed by atoms with Crippen LogP contribution in [0.2, 0.25) is 5.02 Å². The summed E-state index contributed by atoms with van der Waals surface area (Å²) in [5.41, 5.74) is 2.04. The van der Waals surface area contributed by atoms with Gasteiger partial charge in [-0.2, -0.15) is 0 Å². The third-order valence-corrected chi connectivity index (χ3v) is 6.28. The number of carbonyl (C=O) groups excluding carboxylic acids is 1. The van der Waals surface area contributed by atoms with Gasteiger partial charge in [-0.3, -0.25) is 4.79 Å². The van der Waals surface area contributed by atoms with Crippen molar-refractivity contribution in [3.05, 3.63) is 110 Å². The number of fused-ring (bicyclic) bond motifs is 2. The second-order valence-electron chi connectivity index (χ2n) is 7.27. The monoisotopic (exact) mass is 503 g/mol. The molecule has 4 nitrogen and oxygen atoms in total. The van der Waals surface area contributed by atoms with Gasteiger partial charge in [0.15, 0.2) is 0 Å². The standard InChI is InChI=1S/C26H15BrClNO3/c27-22-9-4-6-17-18(22)7-3-8-20(17)25(30)29-16-11-12-19(23(28)14-16)21-13-15-5-1-2-10-24(15)32-26(21)31/h1-14H,(H,29,30). The van der Waals surface area contributed by atoms with E-state index >= 15 is 0 Å². The molecule has 0 saturated heterocycles. The van der Waals surface area contributed by atoms with Crippen molar-refractivity contribution in [3.8, 4) is 11.1 Å². The van der Waals surface area contributed by atoms with Gasteiger partial charge in [0, 0.05) is 26.7 Å². The minimum atomic E-state index is -0.469. The number of halogens is 2. The topological polar surface area (TPSA) is 59.3 Å². The Balaban J connectivity index is 1.48. The molecule has 0 radical (unpaired) electrons. The normalized spacial score (nSPS) is 11.1. The van der Waals surface area contributed by atoms with Gasteiger partial charge in [-0.1, -0.05) is 76.1 Å². The van der Waals surface area contributed by atoms with E-state index in [4.69, 9.17) is 16.0 Å². The zero-order chi connectivity index (χ0) is 22.2. The summed E-state index contributed by atoms with van der Waals surface area (Å²) in [6.45, 7) is 0.